The number of carboxylic acid groups (broad SMARTS) is 1. The lowest BCUT2D eigenvalue weighted by molar-refractivity contribution is -0.172. The molecule has 2 N–H and O–H groups in total. The van der Waals surface area contributed by atoms with Crippen LogP contribution in [0.15, 0.2) is 0 Å². The number of carbonyl (C=O) groups is 2. The first-order chi connectivity index (χ1) is 7.64. The van der Waals surface area contributed by atoms with Gasteiger partial charge in [0.15, 0.2) is 0 Å². The van der Waals surface area contributed by atoms with Crippen molar-refractivity contribution in [3.8, 4) is 0 Å². The van der Waals surface area contributed by atoms with Crippen LogP contribution in [0.1, 0.15) is 20.3 Å². The first-order valence-electron chi connectivity index (χ1n) is 4.84. The molecular formula is C9H13F4NO3. The van der Waals surface area contributed by atoms with Gasteiger partial charge in [-0.2, -0.15) is 8.78 Å². The zero-order valence-corrected chi connectivity index (χ0v) is 9.21. The molecule has 0 rings (SSSR count). The summed E-state index contributed by atoms with van der Waals surface area (Å²) in [4.78, 5) is 21.5. The minimum atomic E-state index is -4.89. The summed E-state index contributed by atoms with van der Waals surface area (Å²) in [6.45, 7) is 2.98. The van der Waals surface area contributed by atoms with Crippen LogP contribution in [-0.2, 0) is 9.59 Å². The third kappa shape index (κ3) is 3.86. The van der Waals surface area contributed by atoms with Gasteiger partial charge in [0.2, 0.25) is 0 Å². The molecule has 2 atom stereocenters. The van der Waals surface area contributed by atoms with Gasteiger partial charge in [-0.1, -0.05) is 20.3 Å². The number of carbonyl (C=O) groups excluding carboxylic acids is 1. The van der Waals surface area contributed by atoms with Crippen LogP contribution in [0.2, 0.25) is 0 Å². The summed E-state index contributed by atoms with van der Waals surface area (Å²) in [5.74, 6) is -9.36. The molecule has 0 aliphatic heterocycles. The Kier molecular flexibility index (Phi) is 5.37. The van der Waals surface area contributed by atoms with Crippen molar-refractivity contribution in [3.63, 3.8) is 0 Å². The molecule has 0 aromatic carbocycles. The second-order valence-corrected chi connectivity index (χ2v) is 3.60. The summed E-state index contributed by atoms with van der Waals surface area (Å²) < 4.78 is 48.8. The summed E-state index contributed by atoms with van der Waals surface area (Å²) in [6.07, 6.45) is -3.88. The van der Waals surface area contributed by atoms with E-state index in [1.165, 1.54) is 12.2 Å². The van der Waals surface area contributed by atoms with Crippen molar-refractivity contribution in [2.24, 2.45) is 5.92 Å². The first-order valence-corrected chi connectivity index (χ1v) is 4.84. The molecule has 0 saturated carbocycles. The topological polar surface area (TPSA) is 66.4 Å². The molecule has 0 saturated heterocycles. The fraction of sp³-hybridized carbons (Fsp3) is 0.778. The minimum absolute atomic E-state index is 0.289. The molecule has 4 nitrogen and oxygen atoms in total. The smallest absolute Gasteiger partial charge is 0.383 e. The molecule has 0 spiro atoms. The van der Waals surface area contributed by atoms with E-state index in [1.54, 1.807) is 6.92 Å². The average molecular weight is 259 g/mol. The molecule has 0 heterocycles. The second kappa shape index (κ2) is 5.83. The molecule has 0 unspecified atom stereocenters. The Bertz CT molecular complexity index is 296. The van der Waals surface area contributed by atoms with E-state index >= 15 is 0 Å². The predicted octanol–water partition coefficient (Wildman–Crippen LogP) is 1.50. The Balaban J connectivity index is 4.79. The van der Waals surface area contributed by atoms with E-state index in [0.717, 1.165) is 0 Å². The highest BCUT2D eigenvalue weighted by atomic mass is 19.3. The molecule has 0 fully saturated rings. The summed E-state index contributed by atoms with van der Waals surface area (Å²) >= 11 is 0. The van der Waals surface area contributed by atoms with E-state index in [2.05, 4.69) is 0 Å². The zero-order valence-electron chi connectivity index (χ0n) is 9.21. The Morgan fingerprint density at radius 2 is 1.82 bits per heavy atom. The van der Waals surface area contributed by atoms with Gasteiger partial charge in [0.05, 0.1) is 0 Å². The molecule has 0 aromatic rings. The summed E-state index contributed by atoms with van der Waals surface area (Å²) in [7, 11) is 0. The predicted molar refractivity (Wildman–Crippen MR) is 50.0 cm³/mol. The number of alkyl halides is 4. The lowest BCUT2D eigenvalue weighted by Gasteiger charge is -2.22. The maximum absolute atomic E-state index is 12.6. The highest BCUT2D eigenvalue weighted by Crippen LogP contribution is 2.23. The van der Waals surface area contributed by atoms with Crippen molar-refractivity contribution >= 4 is 11.9 Å². The number of hydrogen-bond donors (Lipinski definition) is 2. The summed E-state index contributed by atoms with van der Waals surface area (Å²) in [5.41, 5.74) is 0. The summed E-state index contributed by atoms with van der Waals surface area (Å²) in [6, 6.07) is -1.61. The Morgan fingerprint density at radius 1 is 1.35 bits per heavy atom. The lowest BCUT2D eigenvalue weighted by atomic mass is 9.99. The van der Waals surface area contributed by atoms with Crippen molar-refractivity contribution in [1.29, 1.82) is 0 Å². The molecule has 100 valence electrons. The van der Waals surface area contributed by atoms with E-state index in [4.69, 9.17) is 5.11 Å². The number of nitrogens with one attached hydrogen (secondary N) is 1. The maximum Gasteiger partial charge on any atom is 0.383 e. The monoisotopic (exact) mass is 259 g/mol. The highest BCUT2D eigenvalue weighted by molar-refractivity contribution is 5.88. The number of halogens is 4. The number of rotatable bonds is 6. The van der Waals surface area contributed by atoms with E-state index in [-0.39, 0.29) is 6.42 Å². The van der Waals surface area contributed by atoms with Crippen LogP contribution in [-0.4, -0.2) is 35.4 Å². The number of aliphatic carboxylic acids is 1. The Labute approximate surface area is 95.0 Å². The van der Waals surface area contributed by atoms with Crippen LogP contribution in [0, 0.1) is 5.92 Å². The number of hydrogen-bond acceptors (Lipinski definition) is 2. The molecule has 0 aliphatic rings. The van der Waals surface area contributed by atoms with Crippen LogP contribution >= 0.6 is 0 Å². The van der Waals surface area contributed by atoms with E-state index < -0.39 is 36.2 Å². The van der Waals surface area contributed by atoms with Gasteiger partial charge in [-0.25, -0.2) is 13.6 Å². The molecule has 0 radical (unpaired) electrons. The van der Waals surface area contributed by atoms with Crippen LogP contribution in [0.25, 0.3) is 0 Å². The van der Waals surface area contributed by atoms with Gasteiger partial charge in [0.25, 0.3) is 5.91 Å². The van der Waals surface area contributed by atoms with Crippen molar-refractivity contribution < 1.29 is 32.3 Å². The van der Waals surface area contributed by atoms with E-state index in [0.29, 0.717) is 0 Å². The largest absolute Gasteiger partial charge is 0.480 e. The van der Waals surface area contributed by atoms with E-state index in [1.807, 2.05) is 0 Å². The van der Waals surface area contributed by atoms with Gasteiger partial charge in [0, 0.05) is 0 Å². The van der Waals surface area contributed by atoms with Crippen molar-refractivity contribution in [2.75, 3.05) is 0 Å². The van der Waals surface area contributed by atoms with E-state index in [9.17, 15) is 27.2 Å². The molecule has 0 bridgehead atoms. The van der Waals surface area contributed by atoms with Gasteiger partial charge in [-0.15, -0.1) is 0 Å². The minimum Gasteiger partial charge on any atom is -0.480 e. The quantitative estimate of drug-likeness (QED) is 0.710. The fourth-order valence-corrected chi connectivity index (χ4v) is 1.02. The second-order valence-electron chi connectivity index (χ2n) is 3.60. The van der Waals surface area contributed by atoms with Crippen LogP contribution < -0.4 is 5.32 Å². The Morgan fingerprint density at radius 3 is 2.12 bits per heavy atom. The SMILES string of the molecule is CC[C@H](C)[C@H](NC(=O)C(F)(F)C(F)F)C(=O)O. The average Bonchev–Trinajstić information content (AvgIpc) is 2.23. The molecule has 0 aromatic heterocycles. The summed E-state index contributed by atoms with van der Waals surface area (Å²) in [5, 5.41) is 10.1. The lowest BCUT2D eigenvalue weighted by Crippen LogP contribution is -2.53. The van der Waals surface area contributed by atoms with Gasteiger partial charge in [-0.05, 0) is 5.92 Å². The van der Waals surface area contributed by atoms with Crippen molar-refractivity contribution in [3.05, 3.63) is 0 Å². The van der Waals surface area contributed by atoms with Crippen molar-refractivity contribution in [1.82, 2.24) is 5.32 Å². The van der Waals surface area contributed by atoms with Crippen LogP contribution in [0.4, 0.5) is 17.6 Å². The highest BCUT2D eigenvalue weighted by Gasteiger charge is 2.50. The molecule has 0 aliphatic carbocycles. The van der Waals surface area contributed by atoms with Gasteiger partial charge >= 0.3 is 18.3 Å². The third-order valence-electron chi connectivity index (χ3n) is 2.34. The fourth-order valence-electron chi connectivity index (χ4n) is 1.02. The molecule has 8 heteroatoms. The van der Waals surface area contributed by atoms with Crippen molar-refractivity contribution in [2.45, 2.75) is 38.7 Å². The molecule has 17 heavy (non-hydrogen) atoms. The number of amides is 1. The standard InChI is InChI=1S/C9H13F4NO3/c1-3-4(2)5(6(15)16)14-8(17)9(12,13)7(10)11/h4-5,7H,3H2,1-2H3,(H,14,17)(H,15,16)/t4-,5-/m0/s1. The molecular weight excluding hydrogens is 246 g/mol. The van der Waals surface area contributed by atoms with Crippen LogP contribution in [0.3, 0.4) is 0 Å². The Hall–Kier alpha value is -1.34. The third-order valence-corrected chi connectivity index (χ3v) is 2.34. The zero-order chi connectivity index (χ0) is 13.8. The van der Waals surface area contributed by atoms with Gasteiger partial charge in [-0.3, -0.25) is 4.79 Å². The normalized spacial score (nSPS) is 15.5. The van der Waals surface area contributed by atoms with Crippen LogP contribution in [0.5, 0.6) is 0 Å². The maximum atomic E-state index is 12.6. The van der Waals surface area contributed by atoms with Gasteiger partial charge < -0.3 is 10.4 Å². The van der Waals surface area contributed by atoms with Gasteiger partial charge in [0.1, 0.15) is 6.04 Å². The molecule has 1 amide bonds. The first kappa shape index (κ1) is 15.7. The number of carboxylic acids is 1.